The lowest BCUT2D eigenvalue weighted by Gasteiger charge is -2.61. The fourth-order valence-electron chi connectivity index (χ4n) is 6.59. The Balaban J connectivity index is 1.55. The lowest BCUT2D eigenvalue weighted by atomic mass is 9.47. The number of halogens is 2. The maximum Gasteiger partial charge on any atom is 0.243 e. The molecule has 1 amide bonds. The number of carbonyl (C=O) groups excluding carboxylic acids is 1. The van der Waals surface area contributed by atoms with E-state index in [1.807, 2.05) is 6.07 Å². The predicted octanol–water partition coefficient (Wildman–Crippen LogP) is 5.47. The minimum atomic E-state index is -0.757. The van der Waals surface area contributed by atoms with Crippen LogP contribution >= 0.6 is 23.2 Å². The Morgan fingerprint density at radius 3 is 2.26 bits per heavy atom. The molecule has 1 aromatic carbocycles. The first-order valence-electron chi connectivity index (χ1n) is 9.83. The van der Waals surface area contributed by atoms with Crippen molar-refractivity contribution in [2.75, 3.05) is 0 Å². The highest BCUT2D eigenvalue weighted by Gasteiger charge is 2.65. The number of nitrogens with zero attached hydrogens (tertiary/aromatic N) is 2. The van der Waals surface area contributed by atoms with Crippen molar-refractivity contribution in [3.63, 3.8) is 0 Å². The Kier molecular flexibility index (Phi) is 3.87. The molecule has 4 aliphatic carbocycles. The van der Waals surface area contributed by atoms with E-state index >= 15 is 0 Å². The van der Waals surface area contributed by atoms with Crippen LogP contribution in [0.4, 0.5) is 0 Å². The van der Waals surface area contributed by atoms with Gasteiger partial charge in [0, 0.05) is 17.4 Å². The SMILES string of the molecule is CC(=O)N1N=C(c2ccc(Cl)cc2Cl)OC1(C)C12CC3CC(CC(C3)C1)C2. The van der Waals surface area contributed by atoms with Gasteiger partial charge in [0.25, 0.3) is 0 Å². The largest absolute Gasteiger partial charge is 0.447 e. The van der Waals surface area contributed by atoms with E-state index in [1.165, 1.54) is 19.3 Å². The molecule has 6 rings (SSSR count). The average Bonchev–Trinajstić information content (AvgIpc) is 2.93. The predicted molar refractivity (Wildman–Crippen MR) is 106 cm³/mol. The topological polar surface area (TPSA) is 41.9 Å². The zero-order valence-corrected chi connectivity index (χ0v) is 17.2. The molecule has 5 aliphatic rings. The van der Waals surface area contributed by atoms with E-state index in [0.717, 1.165) is 37.0 Å². The number of carbonyl (C=O) groups is 1. The highest BCUT2D eigenvalue weighted by molar-refractivity contribution is 6.36. The quantitative estimate of drug-likeness (QED) is 0.653. The lowest BCUT2D eigenvalue weighted by molar-refractivity contribution is -0.216. The summed E-state index contributed by atoms with van der Waals surface area (Å²) in [7, 11) is 0. The minimum absolute atomic E-state index is 0.0302. The third-order valence-corrected chi connectivity index (χ3v) is 7.92. The summed E-state index contributed by atoms with van der Waals surface area (Å²) in [5.74, 6) is 2.61. The maximum absolute atomic E-state index is 12.6. The van der Waals surface area contributed by atoms with Gasteiger partial charge in [0.1, 0.15) is 0 Å². The molecule has 4 bridgehead atoms. The molecular weight excluding hydrogens is 383 g/mol. The molecule has 0 spiro atoms. The van der Waals surface area contributed by atoms with Crippen LogP contribution in [0.5, 0.6) is 0 Å². The van der Waals surface area contributed by atoms with Gasteiger partial charge >= 0.3 is 0 Å². The van der Waals surface area contributed by atoms with Crippen molar-refractivity contribution in [1.29, 1.82) is 0 Å². The van der Waals surface area contributed by atoms with Crippen LogP contribution in [0.2, 0.25) is 10.0 Å². The van der Waals surface area contributed by atoms with Crippen molar-refractivity contribution in [3.8, 4) is 0 Å². The normalized spacial score (nSPS) is 39.5. The average molecular weight is 407 g/mol. The zero-order valence-electron chi connectivity index (χ0n) is 15.7. The number of benzene rings is 1. The highest BCUT2D eigenvalue weighted by Crippen LogP contribution is 2.65. The maximum atomic E-state index is 12.6. The molecule has 4 fully saturated rings. The summed E-state index contributed by atoms with van der Waals surface area (Å²) in [5.41, 5.74) is -0.106. The molecule has 6 heteroatoms. The van der Waals surface area contributed by atoms with E-state index < -0.39 is 5.72 Å². The summed E-state index contributed by atoms with van der Waals surface area (Å²) in [6.07, 6.45) is 7.38. The smallest absolute Gasteiger partial charge is 0.243 e. The third kappa shape index (κ3) is 2.56. The van der Waals surface area contributed by atoms with Gasteiger partial charge in [-0.2, -0.15) is 5.01 Å². The van der Waals surface area contributed by atoms with Gasteiger partial charge < -0.3 is 4.74 Å². The molecule has 0 aromatic heterocycles. The first-order chi connectivity index (χ1) is 12.8. The summed E-state index contributed by atoms with van der Waals surface area (Å²) in [6, 6.07) is 5.27. The van der Waals surface area contributed by atoms with Crippen LogP contribution in [0.25, 0.3) is 0 Å². The standard InChI is InChI=1S/C21H24Cl2N2O2/c1-12(26)25-20(2,21-9-13-5-14(10-21)7-15(6-13)11-21)27-19(24-25)17-4-3-16(22)8-18(17)23/h3-4,8,13-15H,5-7,9-11H2,1-2H3. The van der Waals surface area contributed by atoms with Crippen LogP contribution < -0.4 is 0 Å². The molecule has 1 aromatic rings. The monoisotopic (exact) mass is 406 g/mol. The van der Waals surface area contributed by atoms with E-state index in [0.29, 0.717) is 21.5 Å². The molecule has 4 nitrogen and oxygen atoms in total. The van der Waals surface area contributed by atoms with Gasteiger partial charge in [-0.25, -0.2) is 0 Å². The molecule has 0 radical (unpaired) electrons. The van der Waals surface area contributed by atoms with Gasteiger partial charge in [0.2, 0.25) is 17.5 Å². The lowest BCUT2D eigenvalue weighted by Crippen LogP contribution is -2.63. The van der Waals surface area contributed by atoms with Gasteiger partial charge in [0.05, 0.1) is 10.6 Å². The van der Waals surface area contributed by atoms with Crippen LogP contribution in [0.15, 0.2) is 23.3 Å². The number of rotatable bonds is 2. The van der Waals surface area contributed by atoms with Crippen molar-refractivity contribution in [2.24, 2.45) is 28.3 Å². The summed E-state index contributed by atoms with van der Waals surface area (Å²) in [5, 5.41) is 7.24. The van der Waals surface area contributed by atoms with E-state index in [9.17, 15) is 4.79 Å². The molecule has 0 saturated heterocycles. The van der Waals surface area contributed by atoms with Crippen molar-refractivity contribution in [3.05, 3.63) is 33.8 Å². The Hall–Kier alpha value is -1.26. The Bertz CT molecular complexity index is 817. The molecule has 1 aliphatic heterocycles. The molecular formula is C21H24Cl2N2O2. The summed E-state index contributed by atoms with van der Waals surface area (Å²) in [4.78, 5) is 12.6. The van der Waals surface area contributed by atoms with Gasteiger partial charge in [-0.05, 0) is 81.4 Å². The van der Waals surface area contributed by atoms with Crippen LogP contribution in [0.1, 0.15) is 57.9 Å². The van der Waals surface area contributed by atoms with Crippen LogP contribution in [0.3, 0.4) is 0 Å². The molecule has 1 atom stereocenters. The molecule has 1 unspecified atom stereocenters. The van der Waals surface area contributed by atoms with E-state index in [-0.39, 0.29) is 11.3 Å². The third-order valence-electron chi connectivity index (χ3n) is 7.37. The Labute approximate surface area is 169 Å². The Morgan fingerprint density at radius 2 is 1.74 bits per heavy atom. The molecule has 1 heterocycles. The van der Waals surface area contributed by atoms with Crippen molar-refractivity contribution < 1.29 is 9.53 Å². The van der Waals surface area contributed by atoms with E-state index in [2.05, 4.69) is 12.0 Å². The highest BCUT2D eigenvalue weighted by atomic mass is 35.5. The van der Waals surface area contributed by atoms with E-state index in [1.54, 1.807) is 24.1 Å². The Morgan fingerprint density at radius 1 is 1.15 bits per heavy atom. The molecule has 27 heavy (non-hydrogen) atoms. The number of hydrogen-bond donors (Lipinski definition) is 0. The van der Waals surface area contributed by atoms with E-state index in [4.69, 9.17) is 27.9 Å². The summed E-state index contributed by atoms with van der Waals surface area (Å²) >= 11 is 12.4. The van der Waals surface area contributed by atoms with Gasteiger partial charge in [-0.15, -0.1) is 5.10 Å². The second kappa shape index (κ2) is 5.87. The number of amides is 1. The van der Waals surface area contributed by atoms with Gasteiger partial charge in [-0.3, -0.25) is 4.79 Å². The first kappa shape index (κ1) is 17.8. The zero-order chi connectivity index (χ0) is 19.0. The summed E-state index contributed by atoms with van der Waals surface area (Å²) in [6.45, 7) is 3.62. The van der Waals surface area contributed by atoms with Gasteiger partial charge in [-0.1, -0.05) is 23.2 Å². The number of ether oxygens (including phenoxy) is 1. The van der Waals surface area contributed by atoms with Crippen molar-refractivity contribution >= 4 is 35.0 Å². The fraction of sp³-hybridized carbons (Fsp3) is 0.619. The van der Waals surface area contributed by atoms with Crippen LogP contribution in [0, 0.1) is 23.2 Å². The molecule has 0 N–H and O–H groups in total. The van der Waals surface area contributed by atoms with Crippen molar-refractivity contribution in [2.45, 2.75) is 58.1 Å². The van der Waals surface area contributed by atoms with Crippen molar-refractivity contribution in [1.82, 2.24) is 5.01 Å². The number of hydrogen-bond acceptors (Lipinski definition) is 3. The molecule has 144 valence electrons. The fourth-order valence-corrected chi connectivity index (χ4v) is 7.08. The first-order valence-corrected chi connectivity index (χ1v) is 10.6. The molecule has 4 saturated carbocycles. The van der Waals surface area contributed by atoms with Gasteiger partial charge in [0.15, 0.2) is 0 Å². The van der Waals surface area contributed by atoms with Crippen LogP contribution in [-0.2, 0) is 9.53 Å². The minimum Gasteiger partial charge on any atom is -0.447 e. The summed E-state index contributed by atoms with van der Waals surface area (Å²) < 4.78 is 6.54. The second-order valence-corrected chi connectivity index (χ2v) is 9.99. The number of hydrazone groups is 1. The van der Waals surface area contributed by atoms with Crippen LogP contribution in [-0.4, -0.2) is 22.5 Å². The second-order valence-electron chi connectivity index (χ2n) is 9.14.